The molecule has 2 atom stereocenters. The molecule has 1 aliphatic heterocycles. The van der Waals surface area contributed by atoms with E-state index in [0.29, 0.717) is 0 Å². The zero-order valence-electron chi connectivity index (χ0n) is 12.1. The van der Waals surface area contributed by atoms with Gasteiger partial charge in [0.05, 0.1) is 11.5 Å². The Bertz CT molecular complexity index is 424. The van der Waals surface area contributed by atoms with Gasteiger partial charge in [0.15, 0.2) is 0 Å². The van der Waals surface area contributed by atoms with Gasteiger partial charge < -0.3 is 10.2 Å². The number of hydrogen-bond acceptors (Lipinski definition) is 2. The molecule has 0 aliphatic carbocycles. The van der Waals surface area contributed by atoms with Crippen LogP contribution in [-0.4, -0.2) is 30.9 Å². The molecule has 0 saturated carbocycles. The van der Waals surface area contributed by atoms with E-state index in [0.717, 1.165) is 25.9 Å². The lowest BCUT2D eigenvalue weighted by atomic mass is 9.82. The van der Waals surface area contributed by atoms with Gasteiger partial charge in [-0.05, 0) is 31.9 Å². The summed E-state index contributed by atoms with van der Waals surface area (Å²) in [6.45, 7) is 5.98. The maximum absolute atomic E-state index is 12.8. The summed E-state index contributed by atoms with van der Waals surface area (Å²) < 4.78 is 0. The second-order valence-corrected chi connectivity index (χ2v) is 5.56. The average Bonchev–Trinajstić information content (AvgIpc) is 2.96. The largest absolute Gasteiger partial charge is 0.338 e. The van der Waals surface area contributed by atoms with E-state index < -0.39 is 0 Å². The lowest BCUT2D eigenvalue weighted by molar-refractivity contribution is -0.142. The molecule has 0 aromatic heterocycles. The second kappa shape index (κ2) is 5.74. The molecule has 0 radical (unpaired) electrons. The summed E-state index contributed by atoms with van der Waals surface area (Å²) >= 11 is 0. The van der Waals surface area contributed by atoms with E-state index in [4.69, 9.17) is 0 Å². The molecule has 1 amide bonds. The number of rotatable bonds is 4. The van der Waals surface area contributed by atoms with Gasteiger partial charge in [-0.15, -0.1) is 0 Å². The van der Waals surface area contributed by atoms with Crippen molar-refractivity contribution in [3.63, 3.8) is 0 Å². The molecule has 19 heavy (non-hydrogen) atoms. The first-order valence-electron chi connectivity index (χ1n) is 7.13. The predicted molar refractivity (Wildman–Crippen MR) is 77.8 cm³/mol. The normalized spacial score (nSPS) is 24.2. The van der Waals surface area contributed by atoms with Crippen LogP contribution in [0.3, 0.4) is 0 Å². The number of benzene rings is 1. The summed E-state index contributed by atoms with van der Waals surface area (Å²) in [5, 5.41) is 3.33. The molecule has 104 valence electrons. The molecule has 0 spiro atoms. The number of nitrogens with zero attached hydrogens (tertiary/aromatic N) is 1. The maximum atomic E-state index is 12.8. The van der Waals surface area contributed by atoms with Gasteiger partial charge in [-0.25, -0.2) is 0 Å². The fraction of sp³-hybridized carbons (Fsp3) is 0.562. The lowest BCUT2D eigenvalue weighted by Gasteiger charge is -2.34. The van der Waals surface area contributed by atoms with Crippen molar-refractivity contribution in [2.75, 3.05) is 20.1 Å². The summed E-state index contributed by atoms with van der Waals surface area (Å²) in [5.74, 6) is 0.274. The number of carbonyl (C=O) groups is 1. The highest BCUT2D eigenvalue weighted by atomic mass is 16.2. The molecule has 1 heterocycles. The minimum atomic E-state index is -0.197. The van der Waals surface area contributed by atoms with Crippen molar-refractivity contribution in [3.05, 3.63) is 35.9 Å². The predicted octanol–water partition coefficient (Wildman–Crippen LogP) is 2.60. The molecule has 2 rings (SSSR count). The fourth-order valence-electron chi connectivity index (χ4n) is 2.88. The summed E-state index contributed by atoms with van der Waals surface area (Å²) in [5.41, 5.74) is 0.994. The maximum Gasteiger partial charge on any atom is 0.230 e. The Balaban J connectivity index is 2.15. The van der Waals surface area contributed by atoms with Crippen LogP contribution in [0.25, 0.3) is 0 Å². The molecule has 2 unspecified atom stereocenters. The first-order chi connectivity index (χ1) is 9.10. The van der Waals surface area contributed by atoms with Crippen molar-refractivity contribution in [2.45, 2.75) is 32.7 Å². The summed E-state index contributed by atoms with van der Waals surface area (Å²) in [6, 6.07) is 10.3. The Morgan fingerprint density at radius 2 is 2.11 bits per heavy atom. The Hall–Kier alpha value is -1.35. The molecule has 1 aromatic carbocycles. The van der Waals surface area contributed by atoms with Crippen LogP contribution in [0.4, 0.5) is 0 Å². The highest BCUT2D eigenvalue weighted by molar-refractivity contribution is 5.83. The van der Waals surface area contributed by atoms with Crippen LogP contribution in [0.15, 0.2) is 30.3 Å². The average molecular weight is 260 g/mol. The minimum absolute atomic E-state index is 0.123. The number of amides is 1. The van der Waals surface area contributed by atoms with Crippen molar-refractivity contribution < 1.29 is 4.79 Å². The highest BCUT2D eigenvalue weighted by Gasteiger charge is 2.42. The fourth-order valence-corrected chi connectivity index (χ4v) is 2.88. The Labute approximate surface area is 116 Å². The monoisotopic (exact) mass is 260 g/mol. The molecule has 3 nitrogen and oxygen atoms in total. The topological polar surface area (TPSA) is 32.3 Å². The van der Waals surface area contributed by atoms with Gasteiger partial charge in [-0.3, -0.25) is 4.79 Å². The van der Waals surface area contributed by atoms with Gasteiger partial charge in [-0.2, -0.15) is 0 Å². The zero-order chi connectivity index (χ0) is 13.9. The Morgan fingerprint density at radius 3 is 2.63 bits per heavy atom. The van der Waals surface area contributed by atoms with E-state index in [9.17, 15) is 4.79 Å². The molecule has 1 saturated heterocycles. The van der Waals surface area contributed by atoms with Gasteiger partial charge in [0.1, 0.15) is 0 Å². The van der Waals surface area contributed by atoms with Gasteiger partial charge in [0.25, 0.3) is 0 Å². The molecule has 3 heteroatoms. The van der Waals surface area contributed by atoms with Crippen LogP contribution in [0, 0.1) is 5.41 Å². The molecule has 0 bridgehead atoms. The Kier molecular flexibility index (Phi) is 4.25. The van der Waals surface area contributed by atoms with E-state index >= 15 is 0 Å². The van der Waals surface area contributed by atoms with Crippen LogP contribution in [-0.2, 0) is 4.79 Å². The summed E-state index contributed by atoms with van der Waals surface area (Å²) in [6.07, 6.45) is 1.86. The molecule has 1 fully saturated rings. The summed E-state index contributed by atoms with van der Waals surface area (Å²) in [4.78, 5) is 14.7. The third kappa shape index (κ3) is 2.66. The molecule has 1 aromatic rings. The zero-order valence-corrected chi connectivity index (χ0v) is 12.1. The molecule has 1 N–H and O–H groups in total. The van der Waals surface area contributed by atoms with Gasteiger partial charge in [0, 0.05) is 13.6 Å². The quantitative estimate of drug-likeness (QED) is 0.902. The first kappa shape index (κ1) is 14.1. The lowest BCUT2D eigenvalue weighted by Crippen LogP contribution is -2.44. The highest BCUT2D eigenvalue weighted by Crippen LogP contribution is 2.34. The minimum Gasteiger partial charge on any atom is -0.338 e. The van der Waals surface area contributed by atoms with Crippen LogP contribution >= 0.6 is 0 Å². The van der Waals surface area contributed by atoms with Crippen molar-refractivity contribution in [1.82, 2.24) is 10.2 Å². The van der Waals surface area contributed by atoms with Crippen molar-refractivity contribution >= 4 is 5.91 Å². The van der Waals surface area contributed by atoms with Crippen LogP contribution in [0.1, 0.15) is 38.3 Å². The number of carbonyl (C=O) groups excluding carboxylic acids is 1. The third-order valence-electron chi connectivity index (χ3n) is 4.56. The molecular formula is C16H24N2O. The molecular weight excluding hydrogens is 236 g/mol. The van der Waals surface area contributed by atoms with E-state index in [-0.39, 0.29) is 17.4 Å². The third-order valence-corrected chi connectivity index (χ3v) is 4.56. The number of hydrogen-bond donors (Lipinski definition) is 1. The second-order valence-electron chi connectivity index (χ2n) is 5.56. The van der Waals surface area contributed by atoms with Crippen molar-refractivity contribution in [2.24, 2.45) is 5.41 Å². The first-order valence-corrected chi connectivity index (χ1v) is 7.13. The Morgan fingerprint density at radius 1 is 1.42 bits per heavy atom. The van der Waals surface area contributed by atoms with Gasteiger partial charge in [-0.1, -0.05) is 37.3 Å². The van der Waals surface area contributed by atoms with Crippen LogP contribution in [0.5, 0.6) is 0 Å². The summed E-state index contributed by atoms with van der Waals surface area (Å²) in [7, 11) is 1.93. The van der Waals surface area contributed by atoms with E-state index in [1.807, 2.05) is 30.1 Å². The van der Waals surface area contributed by atoms with Crippen molar-refractivity contribution in [3.8, 4) is 0 Å². The van der Waals surface area contributed by atoms with E-state index in [1.54, 1.807) is 0 Å². The smallest absolute Gasteiger partial charge is 0.230 e. The van der Waals surface area contributed by atoms with Crippen LogP contribution < -0.4 is 5.32 Å². The van der Waals surface area contributed by atoms with Gasteiger partial charge >= 0.3 is 0 Å². The van der Waals surface area contributed by atoms with E-state index in [1.165, 1.54) is 5.56 Å². The molecule has 1 aliphatic rings. The van der Waals surface area contributed by atoms with E-state index in [2.05, 4.69) is 31.3 Å². The van der Waals surface area contributed by atoms with Crippen LogP contribution in [0.2, 0.25) is 0 Å². The SMILES string of the molecule is CCC1(C(=O)N(C)C(C)c2ccccc2)CCNC1. The standard InChI is InChI=1S/C16H24N2O/c1-4-16(10-11-17-12-16)15(19)18(3)13(2)14-8-6-5-7-9-14/h5-9,13,17H,4,10-12H2,1-3H3. The number of nitrogens with one attached hydrogen (secondary N) is 1. The van der Waals surface area contributed by atoms with Crippen molar-refractivity contribution in [1.29, 1.82) is 0 Å². The van der Waals surface area contributed by atoms with Gasteiger partial charge in [0.2, 0.25) is 5.91 Å².